The Kier molecular flexibility index (Phi) is 7.05. The summed E-state index contributed by atoms with van der Waals surface area (Å²) >= 11 is 14.1. The monoisotopic (exact) mass is 433 g/mol. The molecule has 1 heterocycles. The second kappa shape index (κ2) is 9.50. The second-order valence-electron chi connectivity index (χ2n) is 6.31. The topological polar surface area (TPSA) is 39.9 Å². The number of benzene rings is 2. The van der Waals surface area contributed by atoms with E-state index < -0.39 is 0 Å². The average molecular weight is 434 g/mol. The van der Waals surface area contributed by atoms with Gasteiger partial charge < -0.3 is 4.74 Å². The Morgan fingerprint density at radius 3 is 2.57 bits per heavy atom. The minimum Gasteiger partial charge on any atom is -0.483 e. The highest BCUT2D eigenvalue weighted by atomic mass is 35.5. The molecule has 0 radical (unpaired) electrons. The van der Waals surface area contributed by atoms with Crippen LogP contribution >= 0.6 is 35.0 Å². The summed E-state index contributed by atoms with van der Waals surface area (Å²) in [6, 6.07) is 13.4. The van der Waals surface area contributed by atoms with Crippen molar-refractivity contribution in [3.8, 4) is 5.75 Å². The van der Waals surface area contributed by atoms with Gasteiger partial charge in [-0.15, -0.1) is 16.8 Å². The predicted molar refractivity (Wildman–Crippen MR) is 116 cm³/mol. The molecule has 0 saturated heterocycles. The highest BCUT2D eigenvalue weighted by Gasteiger charge is 2.19. The summed E-state index contributed by atoms with van der Waals surface area (Å²) in [5, 5.41) is 10.8. The first-order valence-electron chi connectivity index (χ1n) is 8.82. The molecule has 0 spiro atoms. The van der Waals surface area contributed by atoms with Gasteiger partial charge in [0.15, 0.2) is 17.1 Å². The summed E-state index contributed by atoms with van der Waals surface area (Å²) < 4.78 is 8.08. The van der Waals surface area contributed by atoms with E-state index in [0.29, 0.717) is 22.3 Å². The predicted octanol–water partition coefficient (Wildman–Crippen LogP) is 6.51. The maximum absolute atomic E-state index is 6.28. The lowest BCUT2D eigenvalue weighted by Crippen LogP contribution is -2.12. The Labute approximate surface area is 179 Å². The number of halogens is 2. The van der Waals surface area contributed by atoms with Gasteiger partial charge in [0.05, 0.1) is 0 Å². The number of nitrogens with zero attached hydrogens (tertiary/aromatic N) is 3. The van der Waals surface area contributed by atoms with Crippen molar-refractivity contribution < 1.29 is 4.74 Å². The van der Waals surface area contributed by atoms with Gasteiger partial charge >= 0.3 is 0 Å². The molecule has 3 aromatic rings. The Morgan fingerprint density at radius 2 is 1.89 bits per heavy atom. The largest absolute Gasteiger partial charge is 0.483 e. The zero-order valence-corrected chi connectivity index (χ0v) is 18.1. The molecule has 28 heavy (non-hydrogen) atoms. The van der Waals surface area contributed by atoms with Crippen LogP contribution in [0, 0.1) is 6.92 Å². The zero-order valence-electron chi connectivity index (χ0n) is 15.7. The molecule has 4 nitrogen and oxygen atoms in total. The van der Waals surface area contributed by atoms with E-state index in [1.807, 2.05) is 67.0 Å². The summed E-state index contributed by atoms with van der Waals surface area (Å²) in [7, 11) is 0. The Bertz CT molecular complexity index is 954. The van der Waals surface area contributed by atoms with Crippen molar-refractivity contribution in [1.29, 1.82) is 0 Å². The third kappa shape index (κ3) is 4.90. The van der Waals surface area contributed by atoms with E-state index >= 15 is 0 Å². The van der Waals surface area contributed by atoms with E-state index in [9.17, 15) is 0 Å². The van der Waals surface area contributed by atoms with Gasteiger partial charge in [0, 0.05) is 22.3 Å². The molecule has 2 aromatic carbocycles. The zero-order chi connectivity index (χ0) is 20.1. The molecular formula is C21H21Cl2N3OS. The van der Waals surface area contributed by atoms with Crippen LogP contribution in [0.3, 0.4) is 0 Å². The molecule has 0 aliphatic heterocycles. The summed E-state index contributed by atoms with van der Waals surface area (Å²) in [6.07, 6.45) is 1.56. The van der Waals surface area contributed by atoms with Gasteiger partial charge in [0.1, 0.15) is 5.75 Å². The summed E-state index contributed by atoms with van der Waals surface area (Å²) in [6.45, 7) is 8.43. The molecule has 1 aromatic heterocycles. The Morgan fingerprint density at radius 1 is 1.18 bits per heavy atom. The lowest BCUT2D eigenvalue weighted by Gasteiger charge is -2.16. The first-order valence-corrected chi connectivity index (χ1v) is 10.6. The molecular weight excluding hydrogens is 413 g/mol. The minimum atomic E-state index is -0.257. The van der Waals surface area contributed by atoms with Gasteiger partial charge in [-0.1, -0.05) is 59.2 Å². The van der Waals surface area contributed by atoms with Crippen LogP contribution in [0.2, 0.25) is 10.0 Å². The second-order valence-corrected chi connectivity index (χ2v) is 8.06. The van der Waals surface area contributed by atoms with Crippen molar-refractivity contribution in [2.24, 2.45) is 0 Å². The van der Waals surface area contributed by atoms with E-state index in [1.165, 1.54) is 11.8 Å². The van der Waals surface area contributed by atoms with Crippen molar-refractivity contribution in [3.05, 3.63) is 82.1 Å². The lowest BCUT2D eigenvalue weighted by molar-refractivity contribution is 0.210. The normalized spacial score (nSPS) is 12.0. The lowest BCUT2D eigenvalue weighted by atomic mass is 10.2. The molecule has 7 heteroatoms. The van der Waals surface area contributed by atoms with Crippen molar-refractivity contribution in [2.75, 3.05) is 0 Å². The number of aromatic nitrogens is 3. The number of aryl methyl sites for hydroxylation is 1. The number of hydrogen-bond donors (Lipinski definition) is 0. The van der Waals surface area contributed by atoms with E-state index in [2.05, 4.69) is 16.8 Å². The molecule has 0 saturated carbocycles. The van der Waals surface area contributed by atoms with Crippen LogP contribution in [-0.2, 0) is 12.3 Å². The summed E-state index contributed by atoms with van der Waals surface area (Å²) in [5.41, 5.74) is 2.03. The molecule has 0 N–H and O–H groups in total. The van der Waals surface area contributed by atoms with Crippen LogP contribution in [-0.4, -0.2) is 14.8 Å². The van der Waals surface area contributed by atoms with Gasteiger partial charge in [0.2, 0.25) is 0 Å². The summed E-state index contributed by atoms with van der Waals surface area (Å²) in [5.74, 6) is 2.15. The molecule has 1 unspecified atom stereocenters. The van der Waals surface area contributed by atoms with Crippen molar-refractivity contribution in [2.45, 2.75) is 37.4 Å². The highest BCUT2D eigenvalue weighted by Crippen LogP contribution is 2.32. The van der Waals surface area contributed by atoms with Crippen LogP contribution < -0.4 is 4.74 Å². The van der Waals surface area contributed by atoms with Crippen molar-refractivity contribution >= 4 is 35.0 Å². The van der Waals surface area contributed by atoms with Crippen LogP contribution in [0.1, 0.15) is 30.0 Å². The van der Waals surface area contributed by atoms with E-state index in [-0.39, 0.29) is 6.10 Å². The molecule has 0 aliphatic rings. The fourth-order valence-corrected chi connectivity index (χ4v) is 4.46. The van der Waals surface area contributed by atoms with Crippen LogP contribution in [0.4, 0.5) is 0 Å². The van der Waals surface area contributed by atoms with Crippen LogP contribution in [0.25, 0.3) is 0 Å². The van der Waals surface area contributed by atoms with Gasteiger partial charge in [0.25, 0.3) is 0 Å². The number of hydrogen-bond acceptors (Lipinski definition) is 4. The minimum absolute atomic E-state index is 0.257. The fraction of sp³-hybridized carbons (Fsp3) is 0.238. The van der Waals surface area contributed by atoms with Crippen molar-refractivity contribution in [1.82, 2.24) is 14.8 Å². The van der Waals surface area contributed by atoms with Gasteiger partial charge in [-0.2, -0.15) is 0 Å². The number of thioether (sulfide) groups is 1. The molecule has 0 fully saturated rings. The van der Waals surface area contributed by atoms with Gasteiger partial charge in [-0.25, -0.2) is 0 Å². The Balaban J connectivity index is 1.80. The molecule has 0 bridgehead atoms. The van der Waals surface area contributed by atoms with Crippen LogP contribution in [0.15, 0.2) is 60.3 Å². The highest BCUT2D eigenvalue weighted by molar-refractivity contribution is 7.98. The SMILES string of the molecule is C=CCn1c(SCc2c(Cl)cccc2Cl)nnc1C(C)Oc1cccc(C)c1. The van der Waals surface area contributed by atoms with Gasteiger partial charge in [-0.05, 0) is 49.2 Å². The standard InChI is InChI=1S/C21H21Cl2N3OS/c1-4-11-26-20(15(3)27-16-8-5-7-14(2)12-16)24-25-21(26)28-13-17-18(22)9-6-10-19(17)23/h4-10,12,15H,1,11,13H2,2-3H3. The van der Waals surface area contributed by atoms with E-state index in [4.69, 9.17) is 27.9 Å². The molecule has 1 atom stereocenters. The number of ether oxygens (including phenoxy) is 1. The van der Waals surface area contributed by atoms with Crippen molar-refractivity contribution in [3.63, 3.8) is 0 Å². The first-order chi connectivity index (χ1) is 13.5. The first kappa shape index (κ1) is 20.8. The third-order valence-electron chi connectivity index (χ3n) is 4.13. The fourth-order valence-electron chi connectivity index (χ4n) is 2.76. The molecule has 0 aliphatic carbocycles. The van der Waals surface area contributed by atoms with E-state index in [1.54, 1.807) is 0 Å². The quantitative estimate of drug-likeness (QED) is 0.299. The average Bonchev–Trinajstić information content (AvgIpc) is 3.04. The maximum atomic E-state index is 6.28. The molecule has 3 rings (SSSR count). The third-order valence-corrected chi connectivity index (χ3v) is 5.83. The summed E-state index contributed by atoms with van der Waals surface area (Å²) in [4.78, 5) is 0. The van der Waals surface area contributed by atoms with Gasteiger partial charge in [-0.3, -0.25) is 4.57 Å². The number of allylic oxidation sites excluding steroid dienone is 1. The Hall–Kier alpha value is -1.95. The van der Waals surface area contributed by atoms with Crippen LogP contribution in [0.5, 0.6) is 5.75 Å². The smallest absolute Gasteiger partial charge is 0.191 e. The molecule has 0 amide bonds. The maximum Gasteiger partial charge on any atom is 0.191 e. The molecule has 146 valence electrons. The number of rotatable bonds is 8. The van der Waals surface area contributed by atoms with E-state index in [0.717, 1.165) is 27.9 Å².